The molecular weight excluding hydrogens is 208 g/mol. The lowest BCUT2D eigenvalue weighted by molar-refractivity contribution is 0.155. The summed E-state index contributed by atoms with van der Waals surface area (Å²) >= 11 is 0. The van der Waals surface area contributed by atoms with Crippen molar-refractivity contribution in [1.82, 2.24) is 5.32 Å². The molecule has 1 N–H and O–H groups in total. The molecule has 0 atom stereocenters. The van der Waals surface area contributed by atoms with Crippen molar-refractivity contribution in [2.45, 2.75) is 6.92 Å². The number of alkyl carbamates (subject to hydrolysis) is 1. The lowest BCUT2D eigenvalue weighted by atomic mass is 10.2. The summed E-state index contributed by atoms with van der Waals surface area (Å²) in [4.78, 5) is 16.0. The maximum atomic E-state index is 11.1. The lowest BCUT2D eigenvalue weighted by Gasteiger charge is -2.07. The molecule has 1 rings (SSSR count). The zero-order valence-corrected chi connectivity index (χ0v) is 9.27. The standard InChI is InChI=1S/C11H14N2O3/c1-3-16-13-10(12-11(14)15-2)9-7-5-4-6-8-9/h4-8H,3H2,1-2H3,(H,12,13,14). The van der Waals surface area contributed by atoms with E-state index in [-0.39, 0.29) is 0 Å². The minimum Gasteiger partial charge on any atom is -0.453 e. The molecule has 0 aliphatic rings. The number of ether oxygens (including phenoxy) is 1. The van der Waals surface area contributed by atoms with Crippen LogP contribution in [-0.2, 0) is 9.57 Å². The predicted molar refractivity (Wildman–Crippen MR) is 60.1 cm³/mol. The van der Waals surface area contributed by atoms with Gasteiger partial charge in [-0.25, -0.2) is 4.79 Å². The van der Waals surface area contributed by atoms with Gasteiger partial charge in [-0.2, -0.15) is 0 Å². The van der Waals surface area contributed by atoms with Gasteiger partial charge in [0.05, 0.1) is 7.11 Å². The molecule has 1 aromatic carbocycles. The number of rotatable bonds is 3. The van der Waals surface area contributed by atoms with Gasteiger partial charge in [-0.3, -0.25) is 5.32 Å². The Labute approximate surface area is 94.0 Å². The van der Waals surface area contributed by atoms with Crippen molar-refractivity contribution in [3.63, 3.8) is 0 Å². The van der Waals surface area contributed by atoms with Crippen molar-refractivity contribution in [3.8, 4) is 0 Å². The van der Waals surface area contributed by atoms with Gasteiger partial charge >= 0.3 is 6.09 Å². The third kappa shape index (κ3) is 3.61. The minimum atomic E-state index is -0.581. The summed E-state index contributed by atoms with van der Waals surface area (Å²) in [5.74, 6) is 0.328. The van der Waals surface area contributed by atoms with Crippen LogP contribution in [0, 0.1) is 0 Å². The average molecular weight is 222 g/mol. The van der Waals surface area contributed by atoms with E-state index in [1.807, 2.05) is 37.3 Å². The number of methoxy groups -OCH3 is 1. The Bertz CT molecular complexity index is 363. The fourth-order valence-electron chi connectivity index (χ4n) is 1.02. The highest BCUT2D eigenvalue weighted by atomic mass is 16.6. The highest BCUT2D eigenvalue weighted by molar-refractivity contribution is 6.06. The van der Waals surface area contributed by atoms with Crippen LogP contribution >= 0.6 is 0 Å². The Morgan fingerprint density at radius 3 is 2.62 bits per heavy atom. The molecule has 0 heterocycles. The third-order valence-corrected chi connectivity index (χ3v) is 1.74. The zero-order valence-electron chi connectivity index (χ0n) is 9.27. The first-order chi connectivity index (χ1) is 7.77. The van der Waals surface area contributed by atoms with Gasteiger partial charge in [-0.1, -0.05) is 35.5 Å². The largest absolute Gasteiger partial charge is 0.453 e. The Hall–Kier alpha value is -2.04. The fourth-order valence-corrected chi connectivity index (χ4v) is 1.02. The number of carbonyl (C=O) groups is 1. The maximum Gasteiger partial charge on any atom is 0.412 e. The van der Waals surface area contributed by atoms with Gasteiger partial charge in [0.1, 0.15) is 6.61 Å². The van der Waals surface area contributed by atoms with Crippen LogP contribution in [0.5, 0.6) is 0 Å². The summed E-state index contributed by atoms with van der Waals surface area (Å²) in [7, 11) is 1.29. The summed E-state index contributed by atoms with van der Waals surface area (Å²) < 4.78 is 4.50. The van der Waals surface area contributed by atoms with Crippen molar-refractivity contribution in [2.24, 2.45) is 5.16 Å². The monoisotopic (exact) mass is 222 g/mol. The van der Waals surface area contributed by atoms with Crippen molar-refractivity contribution in [2.75, 3.05) is 13.7 Å². The maximum absolute atomic E-state index is 11.1. The summed E-state index contributed by atoms with van der Waals surface area (Å²) in [6.07, 6.45) is -0.581. The van der Waals surface area contributed by atoms with Crippen molar-refractivity contribution >= 4 is 11.9 Å². The number of amidine groups is 1. The zero-order chi connectivity index (χ0) is 11.8. The lowest BCUT2D eigenvalue weighted by Crippen LogP contribution is -2.31. The van der Waals surface area contributed by atoms with Gasteiger partial charge in [0, 0.05) is 5.56 Å². The van der Waals surface area contributed by atoms with E-state index in [1.165, 1.54) is 7.11 Å². The van der Waals surface area contributed by atoms with Crippen LogP contribution in [0.1, 0.15) is 12.5 Å². The van der Waals surface area contributed by atoms with Crippen LogP contribution in [0.25, 0.3) is 0 Å². The Morgan fingerprint density at radius 1 is 1.38 bits per heavy atom. The molecule has 0 bridgehead atoms. The Kier molecular flexibility index (Phi) is 4.85. The molecule has 0 spiro atoms. The van der Waals surface area contributed by atoms with Gasteiger partial charge in [0.25, 0.3) is 0 Å². The quantitative estimate of drug-likeness (QED) is 0.481. The van der Waals surface area contributed by atoms with Gasteiger partial charge in [0.2, 0.25) is 0 Å². The van der Waals surface area contributed by atoms with E-state index in [1.54, 1.807) is 0 Å². The first-order valence-electron chi connectivity index (χ1n) is 4.88. The first-order valence-corrected chi connectivity index (χ1v) is 4.88. The average Bonchev–Trinajstić information content (AvgIpc) is 2.35. The van der Waals surface area contributed by atoms with E-state index in [4.69, 9.17) is 4.84 Å². The number of nitrogens with one attached hydrogen (secondary N) is 1. The first kappa shape index (κ1) is 12.0. The molecule has 16 heavy (non-hydrogen) atoms. The van der Waals surface area contributed by atoms with Crippen LogP contribution < -0.4 is 5.32 Å². The molecule has 0 aliphatic carbocycles. The number of benzene rings is 1. The molecule has 0 unspecified atom stereocenters. The smallest absolute Gasteiger partial charge is 0.412 e. The molecule has 0 aromatic heterocycles. The second-order valence-corrected chi connectivity index (χ2v) is 2.84. The van der Waals surface area contributed by atoms with Gasteiger partial charge in [0.15, 0.2) is 5.84 Å². The van der Waals surface area contributed by atoms with Crippen LogP contribution in [0.4, 0.5) is 4.79 Å². The highest BCUT2D eigenvalue weighted by Crippen LogP contribution is 2.00. The number of carbonyl (C=O) groups excluding carboxylic acids is 1. The van der Waals surface area contributed by atoms with E-state index in [2.05, 4.69) is 15.2 Å². The van der Waals surface area contributed by atoms with E-state index < -0.39 is 6.09 Å². The molecule has 0 saturated heterocycles. The molecule has 0 fully saturated rings. The van der Waals surface area contributed by atoms with E-state index >= 15 is 0 Å². The summed E-state index contributed by atoms with van der Waals surface area (Å²) in [5.41, 5.74) is 0.751. The molecular formula is C11H14N2O3. The molecule has 86 valence electrons. The number of amides is 1. The molecule has 0 radical (unpaired) electrons. The minimum absolute atomic E-state index is 0.328. The molecule has 0 aliphatic heterocycles. The van der Waals surface area contributed by atoms with E-state index in [9.17, 15) is 4.79 Å². The fraction of sp³-hybridized carbons (Fsp3) is 0.273. The van der Waals surface area contributed by atoms with Crippen LogP contribution in [-0.4, -0.2) is 25.6 Å². The SMILES string of the molecule is CCO/N=C(/NC(=O)OC)c1ccccc1. The van der Waals surface area contributed by atoms with Crippen molar-refractivity contribution < 1.29 is 14.4 Å². The Morgan fingerprint density at radius 2 is 2.06 bits per heavy atom. The van der Waals surface area contributed by atoms with E-state index in [0.29, 0.717) is 12.4 Å². The van der Waals surface area contributed by atoms with Gasteiger partial charge < -0.3 is 9.57 Å². The molecule has 0 saturated carbocycles. The molecule has 5 nitrogen and oxygen atoms in total. The summed E-state index contributed by atoms with van der Waals surface area (Å²) in [6, 6.07) is 9.19. The van der Waals surface area contributed by atoms with Crippen molar-refractivity contribution in [3.05, 3.63) is 35.9 Å². The van der Waals surface area contributed by atoms with Gasteiger partial charge in [-0.15, -0.1) is 0 Å². The summed E-state index contributed by atoms with van der Waals surface area (Å²) in [5, 5.41) is 6.29. The Balaban J connectivity index is 2.84. The topological polar surface area (TPSA) is 59.9 Å². The number of hydrogen-bond donors (Lipinski definition) is 1. The van der Waals surface area contributed by atoms with Gasteiger partial charge in [-0.05, 0) is 6.92 Å². The molecule has 1 aromatic rings. The molecule has 1 amide bonds. The second-order valence-electron chi connectivity index (χ2n) is 2.84. The van der Waals surface area contributed by atoms with Crippen LogP contribution in [0.15, 0.2) is 35.5 Å². The number of hydrogen-bond acceptors (Lipinski definition) is 4. The normalized spacial score (nSPS) is 10.8. The van der Waals surface area contributed by atoms with Crippen LogP contribution in [0.2, 0.25) is 0 Å². The summed E-state index contributed by atoms with van der Waals surface area (Å²) in [6.45, 7) is 2.24. The second kappa shape index (κ2) is 6.44. The van der Waals surface area contributed by atoms with Crippen molar-refractivity contribution in [1.29, 1.82) is 0 Å². The van der Waals surface area contributed by atoms with E-state index in [0.717, 1.165) is 5.56 Å². The predicted octanol–water partition coefficient (Wildman–Crippen LogP) is 1.74. The number of oxime groups is 1. The third-order valence-electron chi connectivity index (χ3n) is 1.74. The number of nitrogens with zero attached hydrogens (tertiary/aromatic N) is 1. The highest BCUT2D eigenvalue weighted by Gasteiger charge is 2.08. The molecule has 5 heteroatoms. The van der Waals surface area contributed by atoms with Crippen LogP contribution in [0.3, 0.4) is 0 Å².